The standard InChI is InChI=1S/C29H31F3N6O2S/c1-28(39)7-2-10-37(14-28)25-17-13-19(31)20(16-5-6-18(30)24-23(16)34-26(33)41-24)21(32)22(17)35-27(36-25)40-15-29-8-3-11-38(29)12-4-9-29/h5-6,13,39H,2-4,7-12,14-15H2,1H3,(H2,33,34)/t28-/m1/s1. The van der Waals surface area contributed by atoms with Crippen LogP contribution in [0.15, 0.2) is 18.2 Å². The molecule has 3 fully saturated rings. The van der Waals surface area contributed by atoms with Crippen LogP contribution < -0.4 is 15.4 Å². The molecule has 3 aliphatic rings. The second kappa shape index (κ2) is 9.67. The van der Waals surface area contributed by atoms with Crippen LogP contribution in [0.25, 0.3) is 32.2 Å². The SMILES string of the molecule is C[C@@]1(O)CCCN(c2nc(OCC34CCCN3CCC4)nc3c(F)c(-c4ccc(F)c5sc(N)nc45)c(F)cc23)C1. The van der Waals surface area contributed by atoms with E-state index < -0.39 is 23.1 Å². The van der Waals surface area contributed by atoms with E-state index >= 15 is 8.78 Å². The summed E-state index contributed by atoms with van der Waals surface area (Å²) in [6, 6.07) is 3.67. The Bertz CT molecular complexity index is 1670. The zero-order valence-electron chi connectivity index (χ0n) is 22.7. The van der Waals surface area contributed by atoms with Crippen molar-refractivity contribution in [2.75, 3.05) is 43.4 Å². The summed E-state index contributed by atoms with van der Waals surface area (Å²) in [6.45, 7) is 4.98. The molecule has 3 aliphatic heterocycles. The summed E-state index contributed by atoms with van der Waals surface area (Å²) in [4.78, 5) is 17.6. The number of rotatable bonds is 5. The molecule has 0 amide bonds. The molecule has 2 aromatic heterocycles. The second-order valence-electron chi connectivity index (χ2n) is 11.8. The fourth-order valence-corrected chi connectivity index (χ4v) is 7.73. The van der Waals surface area contributed by atoms with E-state index in [1.54, 1.807) is 6.92 Å². The van der Waals surface area contributed by atoms with Gasteiger partial charge in [0.2, 0.25) is 0 Å². The number of hydrogen-bond acceptors (Lipinski definition) is 9. The molecule has 0 spiro atoms. The van der Waals surface area contributed by atoms with Crippen LogP contribution in [-0.4, -0.2) is 68.9 Å². The first-order valence-electron chi connectivity index (χ1n) is 14.0. The van der Waals surface area contributed by atoms with E-state index in [1.807, 2.05) is 4.90 Å². The van der Waals surface area contributed by atoms with Crippen LogP contribution in [0.5, 0.6) is 6.01 Å². The topological polar surface area (TPSA) is 101 Å². The minimum Gasteiger partial charge on any atom is -0.461 e. The number of aliphatic hydroxyl groups is 1. The summed E-state index contributed by atoms with van der Waals surface area (Å²) >= 11 is 0.919. The van der Waals surface area contributed by atoms with E-state index in [-0.39, 0.29) is 55.5 Å². The van der Waals surface area contributed by atoms with Crippen molar-refractivity contribution in [3.8, 4) is 17.1 Å². The van der Waals surface area contributed by atoms with Crippen LogP contribution in [0.4, 0.5) is 24.1 Å². The number of aromatic nitrogens is 3. The van der Waals surface area contributed by atoms with Crippen LogP contribution in [0.1, 0.15) is 45.4 Å². The van der Waals surface area contributed by atoms with Gasteiger partial charge >= 0.3 is 6.01 Å². The number of thiazole rings is 1. The van der Waals surface area contributed by atoms with Gasteiger partial charge in [-0.05, 0) is 76.7 Å². The highest BCUT2D eigenvalue weighted by molar-refractivity contribution is 7.22. The summed E-state index contributed by atoms with van der Waals surface area (Å²) in [5.41, 5.74) is 4.45. The third-order valence-corrected chi connectivity index (χ3v) is 9.77. The summed E-state index contributed by atoms with van der Waals surface area (Å²) in [5, 5.41) is 11.1. The molecular weight excluding hydrogens is 553 g/mol. The van der Waals surface area contributed by atoms with Crippen LogP contribution in [-0.2, 0) is 0 Å². The molecule has 5 heterocycles. The highest BCUT2D eigenvalue weighted by Crippen LogP contribution is 2.42. The first-order chi connectivity index (χ1) is 19.6. The fourth-order valence-electron chi connectivity index (χ4n) is 6.97. The average molecular weight is 585 g/mol. The van der Waals surface area contributed by atoms with E-state index in [4.69, 9.17) is 10.5 Å². The number of benzene rings is 2. The van der Waals surface area contributed by atoms with E-state index in [0.29, 0.717) is 31.8 Å². The molecule has 8 nitrogen and oxygen atoms in total. The Kier molecular flexibility index (Phi) is 6.29. The number of hydrogen-bond donors (Lipinski definition) is 2. The van der Waals surface area contributed by atoms with Crippen molar-refractivity contribution in [3.05, 3.63) is 35.7 Å². The summed E-state index contributed by atoms with van der Waals surface area (Å²) in [7, 11) is 0. The van der Waals surface area contributed by atoms with Gasteiger partial charge in [-0.3, -0.25) is 4.90 Å². The van der Waals surface area contributed by atoms with Crippen LogP contribution >= 0.6 is 11.3 Å². The number of nitrogens with two attached hydrogens (primary N) is 1. The number of anilines is 2. The minimum atomic E-state index is -0.981. The monoisotopic (exact) mass is 584 g/mol. The number of ether oxygens (including phenoxy) is 1. The zero-order chi connectivity index (χ0) is 28.5. The molecule has 4 aromatic rings. The van der Waals surface area contributed by atoms with Crippen molar-refractivity contribution in [3.63, 3.8) is 0 Å². The Labute approximate surface area is 239 Å². The molecule has 0 saturated carbocycles. The molecule has 3 saturated heterocycles. The van der Waals surface area contributed by atoms with Crippen molar-refractivity contribution >= 4 is 43.4 Å². The molecule has 41 heavy (non-hydrogen) atoms. The third kappa shape index (κ3) is 4.47. The first kappa shape index (κ1) is 26.7. The van der Waals surface area contributed by atoms with Gasteiger partial charge in [0.15, 0.2) is 10.9 Å². The molecule has 12 heteroatoms. The molecule has 7 rings (SSSR count). The van der Waals surface area contributed by atoms with E-state index in [2.05, 4.69) is 19.9 Å². The lowest BCUT2D eigenvalue weighted by molar-refractivity contribution is 0.0447. The Morgan fingerprint density at radius 1 is 1.00 bits per heavy atom. The number of halogens is 3. The maximum absolute atomic E-state index is 16.5. The van der Waals surface area contributed by atoms with Gasteiger partial charge in [-0.2, -0.15) is 9.97 Å². The third-order valence-electron chi connectivity index (χ3n) is 8.88. The molecular formula is C29H31F3N6O2S. The minimum absolute atomic E-state index is 0.00413. The maximum Gasteiger partial charge on any atom is 0.319 e. The average Bonchev–Trinajstić information content (AvgIpc) is 3.62. The summed E-state index contributed by atoms with van der Waals surface area (Å²) in [5.74, 6) is -2.03. The maximum atomic E-state index is 16.5. The van der Waals surface area contributed by atoms with E-state index in [0.717, 1.165) is 56.2 Å². The van der Waals surface area contributed by atoms with Crippen LogP contribution in [0.2, 0.25) is 0 Å². The number of β-amino-alcohol motifs (C(OH)–C–C–N with tert-alkyl or cyclic N) is 1. The van der Waals surface area contributed by atoms with Gasteiger partial charge in [0.1, 0.15) is 29.6 Å². The van der Waals surface area contributed by atoms with E-state index in [1.165, 1.54) is 12.1 Å². The van der Waals surface area contributed by atoms with Gasteiger partial charge in [-0.25, -0.2) is 18.2 Å². The quantitative estimate of drug-likeness (QED) is 0.328. The van der Waals surface area contributed by atoms with Crippen molar-refractivity contribution in [2.24, 2.45) is 0 Å². The van der Waals surface area contributed by atoms with Crippen LogP contribution in [0, 0.1) is 17.5 Å². The zero-order valence-corrected chi connectivity index (χ0v) is 23.5. The Balaban J connectivity index is 1.38. The predicted octanol–water partition coefficient (Wildman–Crippen LogP) is 5.26. The predicted molar refractivity (Wildman–Crippen MR) is 153 cm³/mol. The molecule has 0 aliphatic carbocycles. The lowest BCUT2D eigenvalue weighted by atomic mass is 9.94. The normalized spacial score (nSPS) is 22.6. The second-order valence-corrected chi connectivity index (χ2v) is 12.9. The van der Waals surface area contributed by atoms with Crippen molar-refractivity contribution in [1.82, 2.24) is 19.9 Å². The molecule has 2 aromatic carbocycles. The molecule has 0 bridgehead atoms. The Hall–Kier alpha value is -3.22. The molecule has 216 valence electrons. The molecule has 1 atom stereocenters. The highest BCUT2D eigenvalue weighted by atomic mass is 32.1. The summed E-state index contributed by atoms with van der Waals surface area (Å²) in [6.07, 6.45) is 5.53. The lowest BCUT2D eigenvalue weighted by Gasteiger charge is -2.38. The van der Waals surface area contributed by atoms with Gasteiger partial charge < -0.3 is 20.5 Å². The fraction of sp³-hybridized carbons (Fsp3) is 0.483. The van der Waals surface area contributed by atoms with Gasteiger partial charge in [-0.15, -0.1) is 0 Å². The number of nitrogens with zero attached hydrogens (tertiary/aromatic N) is 5. The van der Waals surface area contributed by atoms with Crippen LogP contribution in [0.3, 0.4) is 0 Å². The van der Waals surface area contributed by atoms with Gasteiger partial charge in [0, 0.05) is 24.0 Å². The number of fused-ring (bicyclic) bond motifs is 3. The lowest BCUT2D eigenvalue weighted by Crippen LogP contribution is -2.46. The Morgan fingerprint density at radius 2 is 1.76 bits per heavy atom. The van der Waals surface area contributed by atoms with Gasteiger partial charge in [-0.1, -0.05) is 11.3 Å². The number of nitrogen functional groups attached to an aromatic ring is 1. The largest absolute Gasteiger partial charge is 0.461 e. The highest BCUT2D eigenvalue weighted by Gasteiger charge is 2.45. The summed E-state index contributed by atoms with van der Waals surface area (Å²) < 4.78 is 53.2. The first-order valence-corrected chi connectivity index (χ1v) is 14.9. The van der Waals surface area contributed by atoms with E-state index in [9.17, 15) is 9.50 Å². The smallest absolute Gasteiger partial charge is 0.319 e. The molecule has 0 radical (unpaired) electrons. The Morgan fingerprint density at radius 3 is 2.51 bits per heavy atom. The van der Waals surface area contributed by atoms with Crippen molar-refractivity contribution in [1.29, 1.82) is 0 Å². The molecule has 3 N–H and O–H groups in total. The molecule has 0 unspecified atom stereocenters. The van der Waals surface area contributed by atoms with Crippen molar-refractivity contribution < 1.29 is 23.0 Å². The number of piperidine rings is 1. The van der Waals surface area contributed by atoms with Crippen molar-refractivity contribution in [2.45, 2.75) is 56.6 Å². The van der Waals surface area contributed by atoms with Gasteiger partial charge in [0.05, 0.1) is 26.9 Å². The van der Waals surface area contributed by atoms with Gasteiger partial charge in [0.25, 0.3) is 0 Å².